The van der Waals surface area contributed by atoms with Crippen LogP contribution in [0.3, 0.4) is 0 Å². The summed E-state index contributed by atoms with van der Waals surface area (Å²) in [4.78, 5) is 27.8. The number of carbonyl (C=O) groups is 2. The van der Waals surface area contributed by atoms with E-state index in [4.69, 9.17) is 11.6 Å². The molecule has 7 nitrogen and oxygen atoms in total. The molecule has 9 heteroatoms. The van der Waals surface area contributed by atoms with Gasteiger partial charge in [0.1, 0.15) is 12.6 Å². The van der Waals surface area contributed by atoms with Crippen LogP contribution in [0.2, 0.25) is 5.02 Å². The molecular weight excluding hydrogens is 510 g/mol. The standard InChI is InChI=1S/C28H32ClN3O4S/c1-19-10-13-25(16-21(19)3)32(37(35,36)26-14-11-24(29)12-15-26)18-27(33)31(22(4)28(34)30-5)17-23-9-7-6-8-20(23)2/h6-16,22H,17-18H2,1-5H3,(H,30,34). The highest BCUT2D eigenvalue weighted by molar-refractivity contribution is 7.92. The fourth-order valence-electron chi connectivity index (χ4n) is 3.91. The number of likely N-dealkylation sites (N-methyl/N-ethyl adjacent to an activating group) is 1. The van der Waals surface area contributed by atoms with E-state index in [0.29, 0.717) is 10.7 Å². The van der Waals surface area contributed by atoms with Crippen LogP contribution in [0.4, 0.5) is 5.69 Å². The molecule has 0 aliphatic rings. The van der Waals surface area contributed by atoms with Crippen LogP contribution in [0.15, 0.2) is 71.6 Å². The summed E-state index contributed by atoms with van der Waals surface area (Å²) in [7, 11) is -2.63. The number of carbonyl (C=O) groups excluding carboxylic acids is 2. The van der Waals surface area contributed by atoms with E-state index in [1.807, 2.05) is 51.1 Å². The van der Waals surface area contributed by atoms with Crippen LogP contribution in [0.1, 0.15) is 29.2 Å². The number of hydrogen-bond acceptors (Lipinski definition) is 4. The second-order valence-electron chi connectivity index (χ2n) is 8.97. The van der Waals surface area contributed by atoms with Crippen LogP contribution in [-0.4, -0.2) is 44.8 Å². The molecular formula is C28H32ClN3O4S. The van der Waals surface area contributed by atoms with Crippen LogP contribution >= 0.6 is 11.6 Å². The number of nitrogens with one attached hydrogen (secondary N) is 1. The maximum atomic E-state index is 13.8. The summed E-state index contributed by atoms with van der Waals surface area (Å²) in [6, 6.07) is 17.8. The highest BCUT2D eigenvalue weighted by atomic mass is 35.5. The minimum Gasteiger partial charge on any atom is -0.357 e. The maximum Gasteiger partial charge on any atom is 0.264 e. The number of nitrogens with zero attached hydrogens (tertiary/aromatic N) is 2. The quantitative estimate of drug-likeness (QED) is 0.428. The monoisotopic (exact) mass is 541 g/mol. The van der Waals surface area contributed by atoms with Crippen molar-refractivity contribution in [3.63, 3.8) is 0 Å². The lowest BCUT2D eigenvalue weighted by Crippen LogP contribution is -2.50. The maximum absolute atomic E-state index is 13.8. The van der Waals surface area contributed by atoms with Crippen molar-refractivity contribution < 1.29 is 18.0 Å². The molecule has 3 rings (SSSR count). The summed E-state index contributed by atoms with van der Waals surface area (Å²) >= 11 is 5.98. The Kier molecular flexibility index (Phi) is 8.99. The molecule has 0 bridgehead atoms. The van der Waals surface area contributed by atoms with E-state index in [9.17, 15) is 18.0 Å². The van der Waals surface area contributed by atoms with Crippen molar-refractivity contribution in [3.05, 3.63) is 94.0 Å². The number of benzene rings is 3. The van der Waals surface area contributed by atoms with Gasteiger partial charge in [-0.05, 0) is 86.3 Å². The van der Waals surface area contributed by atoms with Crippen molar-refractivity contribution >= 4 is 39.1 Å². The van der Waals surface area contributed by atoms with Gasteiger partial charge < -0.3 is 10.2 Å². The molecule has 0 heterocycles. The smallest absolute Gasteiger partial charge is 0.264 e. The molecule has 1 N–H and O–H groups in total. The lowest BCUT2D eigenvalue weighted by molar-refractivity contribution is -0.139. The molecule has 2 amide bonds. The second-order valence-corrected chi connectivity index (χ2v) is 11.3. The fourth-order valence-corrected chi connectivity index (χ4v) is 5.44. The van der Waals surface area contributed by atoms with E-state index in [2.05, 4.69) is 5.32 Å². The molecule has 3 aromatic rings. The van der Waals surface area contributed by atoms with Gasteiger partial charge in [-0.3, -0.25) is 13.9 Å². The fraction of sp³-hybridized carbons (Fsp3) is 0.286. The van der Waals surface area contributed by atoms with Gasteiger partial charge in [-0.25, -0.2) is 8.42 Å². The molecule has 196 valence electrons. The van der Waals surface area contributed by atoms with Gasteiger partial charge in [0.2, 0.25) is 11.8 Å². The van der Waals surface area contributed by atoms with Gasteiger partial charge in [0, 0.05) is 18.6 Å². The Balaban J connectivity index is 2.07. The SMILES string of the molecule is CNC(=O)C(C)N(Cc1ccccc1C)C(=O)CN(c1ccc(C)c(C)c1)S(=O)(=O)c1ccc(Cl)cc1. The van der Waals surface area contributed by atoms with Gasteiger partial charge in [0.15, 0.2) is 0 Å². The summed E-state index contributed by atoms with van der Waals surface area (Å²) in [5.74, 6) is -0.852. The summed E-state index contributed by atoms with van der Waals surface area (Å²) in [5.41, 5.74) is 4.06. The molecule has 0 radical (unpaired) electrons. The number of amides is 2. The van der Waals surface area contributed by atoms with E-state index in [1.165, 1.54) is 36.2 Å². The third-order valence-electron chi connectivity index (χ3n) is 6.47. The highest BCUT2D eigenvalue weighted by Gasteiger charge is 2.32. The Labute approximate surface area is 224 Å². The first-order valence-corrected chi connectivity index (χ1v) is 13.7. The number of halogens is 1. The Morgan fingerprint density at radius 2 is 1.57 bits per heavy atom. The first-order valence-electron chi connectivity index (χ1n) is 11.9. The molecule has 0 fully saturated rings. The zero-order valence-corrected chi connectivity index (χ0v) is 23.2. The average Bonchev–Trinajstić information content (AvgIpc) is 2.87. The third kappa shape index (κ3) is 6.50. The molecule has 3 aromatic carbocycles. The van der Waals surface area contributed by atoms with Gasteiger partial charge in [0.25, 0.3) is 10.0 Å². The first-order chi connectivity index (χ1) is 17.4. The number of aryl methyl sites for hydroxylation is 3. The van der Waals surface area contributed by atoms with Gasteiger partial charge in [-0.15, -0.1) is 0 Å². The van der Waals surface area contributed by atoms with Crippen molar-refractivity contribution in [2.75, 3.05) is 17.9 Å². The van der Waals surface area contributed by atoms with Crippen LogP contribution in [0.25, 0.3) is 0 Å². The largest absolute Gasteiger partial charge is 0.357 e. The molecule has 0 saturated heterocycles. The van der Waals surface area contributed by atoms with E-state index in [0.717, 1.165) is 26.6 Å². The van der Waals surface area contributed by atoms with Gasteiger partial charge in [-0.1, -0.05) is 41.9 Å². The Morgan fingerprint density at radius 1 is 0.919 bits per heavy atom. The van der Waals surface area contributed by atoms with E-state index in [-0.39, 0.29) is 17.3 Å². The van der Waals surface area contributed by atoms with Gasteiger partial charge in [-0.2, -0.15) is 0 Å². The molecule has 0 aliphatic carbocycles. The predicted molar refractivity (Wildman–Crippen MR) is 147 cm³/mol. The topological polar surface area (TPSA) is 86.8 Å². The normalized spacial score (nSPS) is 12.1. The van der Waals surface area contributed by atoms with Crippen molar-refractivity contribution in [1.82, 2.24) is 10.2 Å². The predicted octanol–water partition coefficient (Wildman–Crippen LogP) is 4.62. The molecule has 0 aliphatic heterocycles. The number of anilines is 1. The zero-order valence-electron chi connectivity index (χ0n) is 21.7. The van der Waals surface area contributed by atoms with Crippen molar-refractivity contribution in [1.29, 1.82) is 0 Å². The summed E-state index contributed by atoms with van der Waals surface area (Å²) in [6.07, 6.45) is 0. The third-order valence-corrected chi connectivity index (χ3v) is 8.51. The summed E-state index contributed by atoms with van der Waals surface area (Å²) in [6.45, 7) is 7.03. The molecule has 0 saturated carbocycles. The average molecular weight is 542 g/mol. The highest BCUT2D eigenvalue weighted by Crippen LogP contribution is 2.27. The zero-order chi connectivity index (χ0) is 27.3. The van der Waals surface area contributed by atoms with E-state index < -0.39 is 28.5 Å². The number of sulfonamides is 1. The lowest BCUT2D eigenvalue weighted by atomic mass is 10.1. The van der Waals surface area contributed by atoms with Gasteiger partial charge in [0.05, 0.1) is 10.6 Å². The van der Waals surface area contributed by atoms with Gasteiger partial charge >= 0.3 is 0 Å². The summed E-state index contributed by atoms with van der Waals surface area (Å²) < 4.78 is 28.7. The molecule has 0 aromatic heterocycles. The van der Waals surface area contributed by atoms with Crippen LogP contribution in [-0.2, 0) is 26.2 Å². The Morgan fingerprint density at radius 3 is 2.16 bits per heavy atom. The van der Waals surface area contributed by atoms with Crippen LogP contribution < -0.4 is 9.62 Å². The minimum atomic E-state index is -4.13. The first kappa shape index (κ1) is 28.2. The lowest BCUT2D eigenvalue weighted by Gasteiger charge is -2.32. The molecule has 37 heavy (non-hydrogen) atoms. The number of hydrogen-bond donors (Lipinski definition) is 1. The molecule has 1 atom stereocenters. The van der Waals surface area contributed by atoms with Crippen LogP contribution in [0.5, 0.6) is 0 Å². The van der Waals surface area contributed by atoms with Crippen molar-refractivity contribution in [2.24, 2.45) is 0 Å². The minimum absolute atomic E-state index is 0.00716. The van der Waals surface area contributed by atoms with E-state index >= 15 is 0 Å². The Bertz CT molecular complexity index is 1390. The summed E-state index contributed by atoms with van der Waals surface area (Å²) in [5, 5.41) is 2.98. The second kappa shape index (κ2) is 11.8. The van der Waals surface area contributed by atoms with Crippen molar-refractivity contribution in [2.45, 2.75) is 45.2 Å². The van der Waals surface area contributed by atoms with Crippen molar-refractivity contribution in [3.8, 4) is 0 Å². The molecule has 1 unspecified atom stereocenters. The van der Waals surface area contributed by atoms with E-state index in [1.54, 1.807) is 19.1 Å². The molecule has 0 spiro atoms. The number of rotatable bonds is 9. The van der Waals surface area contributed by atoms with Crippen LogP contribution in [0, 0.1) is 20.8 Å². The Hall–Kier alpha value is -3.36.